The molecule has 1 unspecified atom stereocenters. The van der Waals surface area contributed by atoms with Crippen LogP contribution in [-0.4, -0.2) is 46.3 Å². The number of carbonyl (C=O) groups excluding carboxylic acids is 1. The average molecular weight is 644 g/mol. The molecule has 1 atom stereocenters. The topological polar surface area (TPSA) is 89.2 Å². The Balaban J connectivity index is 1.33. The third-order valence-corrected chi connectivity index (χ3v) is 8.32. The molecular formula is C32H26F5N3O4S. The van der Waals surface area contributed by atoms with Gasteiger partial charge in [0.15, 0.2) is 18.2 Å². The fraction of sp³-hybridized carbons (Fsp3) is 0.250. The van der Waals surface area contributed by atoms with E-state index < -0.39 is 41.9 Å². The number of thioether (sulfide) groups is 1. The number of fused-ring (bicyclic) bond motifs is 2. The van der Waals surface area contributed by atoms with Crippen LogP contribution in [0.1, 0.15) is 36.1 Å². The molecular weight excluding hydrogens is 617 g/mol. The second kappa shape index (κ2) is 12.1. The summed E-state index contributed by atoms with van der Waals surface area (Å²) in [5.41, 5.74) is 0.616. The van der Waals surface area contributed by atoms with Crippen molar-refractivity contribution >= 4 is 28.6 Å². The highest BCUT2D eigenvalue weighted by atomic mass is 32.2. The molecule has 0 spiro atoms. The number of para-hydroxylation sites is 1. The lowest BCUT2D eigenvalue weighted by molar-refractivity contribution is -0.143. The monoisotopic (exact) mass is 643 g/mol. The Hall–Kier alpha value is -4.52. The number of nitrogens with one attached hydrogen (secondary N) is 2. The van der Waals surface area contributed by atoms with E-state index in [0.717, 1.165) is 17.8 Å². The lowest BCUT2D eigenvalue weighted by atomic mass is 9.85. The molecule has 0 radical (unpaired) electrons. The Labute approximate surface area is 258 Å². The van der Waals surface area contributed by atoms with E-state index in [1.54, 1.807) is 31.4 Å². The molecule has 1 aliphatic rings. The number of esters is 1. The summed E-state index contributed by atoms with van der Waals surface area (Å²) in [6.07, 6.45) is 4.63. The van der Waals surface area contributed by atoms with E-state index in [4.69, 9.17) is 14.2 Å². The molecule has 45 heavy (non-hydrogen) atoms. The number of rotatable bonds is 9. The van der Waals surface area contributed by atoms with Crippen LogP contribution in [0.3, 0.4) is 0 Å². The molecule has 1 aliphatic heterocycles. The van der Waals surface area contributed by atoms with Gasteiger partial charge < -0.3 is 24.2 Å². The zero-order chi connectivity index (χ0) is 31.9. The molecule has 234 valence electrons. The van der Waals surface area contributed by atoms with E-state index in [2.05, 4.69) is 15.0 Å². The zero-order valence-electron chi connectivity index (χ0n) is 24.0. The Morgan fingerprint density at radius 3 is 2.76 bits per heavy atom. The quantitative estimate of drug-likeness (QED) is 0.0958. The molecule has 6 rings (SSSR count). The fourth-order valence-electron chi connectivity index (χ4n) is 5.50. The fourth-order valence-corrected chi connectivity index (χ4v) is 6.21. The van der Waals surface area contributed by atoms with E-state index in [1.165, 1.54) is 30.6 Å². The molecule has 0 saturated heterocycles. The van der Waals surface area contributed by atoms with Gasteiger partial charge in [-0.3, -0.25) is 4.79 Å². The van der Waals surface area contributed by atoms with Gasteiger partial charge >= 0.3 is 5.97 Å². The summed E-state index contributed by atoms with van der Waals surface area (Å²) >= 11 is 1.15. The number of nitrogens with zero attached hydrogens (tertiary/aromatic N) is 1. The molecule has 3 heterocycles. The second-order valence-electron chi connectivity index (χ2n) is 10.3. The summed E-state index contributed by atoms with van der Waals surface area (Å²) in [5.74, 6) is -8.60. The van der Waals surface area contributed by atoms with Gasteiger partial charge in [-0.05, 0) is 49.4 Å². The van der Waals surface area contributed by atoms with Crippen molar-refractivity contribution in [2.45, 2.75) is 36.5 Å². The first-order chi connectivity index (χ1) is 21.6. The normalized spacial score (nSPS) is 15.5. The Bertz CT molecular complexity index is 1910. The minimum atomic E-state index is -3.35. The predicted molar refractivity (Wildman–Crippen MR) is 158 cm³/mol. The summed E-state index contributed by atoms with van der Waals surface area (Å²) in [6, 6.07) is 9.92. The van der Waals surface area contributed by atoms with Gasteiger partial charge in [-0.2, -0.15) is 4.39 Å². The number of carbonyl (C=O) groups is 1. The SMILES string of the molecule is CCOC(=O)CCc1cccc2c1OCC(F)(F)C2c1cnc(-c2cc(Oc3c(F)c(F)c4[nH]ccc4c3SC)ccc2F)[nH]1. The molecule has 0 aliphatic carbocycles. The van der Waals surface area contributed by atoms with Crippen LogP contribution in [0.4, 0.5) is 22.0 Å². The van der Waals surface area contributed by atoms with Gasteiger partial charge in [0.25, 0.3) is 5.92 Å². The maximum atomic E-state index is 15.4. The Kier molecular flexibility index (Phi) is 8.21. The van der Waals surface area contributed by atoms with Crippen molar-refractivity contribution in [1.82, 2.24) is 15.0 Å². The maximum absolute atomic E-state index is 15.4. The number of halogens is 5. The first-order valence-corrected chi connectivity index (χ1v) is 15.2. The highest BCUT2D eigenvalue weighted by Gasteiger charge is 2.48. The van der Waals surface area contributed by atoms with E-state index in [1.807, 2.05) is 0 Å². The molecule has 2 N–H and O–H groups in total. The lowest BCUT2D eigenvalue weighted by Crippen LogP contribution is -2.38. The second-order valence-corrected chi connectivity index (χ2v) is 11.1. The molecule has 5 aromatic rings. The number of aryl methyl sites for hydroxylation is 1. The third-order valence-electron chi connectivity index (χ3n) is 7.51. The van der Waals surface area contributed by atoms with Crippen molar-refractivity contribution in [1.29, 1.82) is 0 Å². The van der Waals surface area contributed by atoms with E-state index in [9.17, 15) is 9.18 Å². The van der Waals surface area contributed by atoms with Crippen LogP contribution in [0.25, 0.3) is 22.3 Å². The van der Waals surface area contributed by atoms with Crippen molar-refractivity contribution in [3.8, 4) is 28.6 Å². The van der Waals surface area contributed by atoms with Crippen LogP contribution >= 0.6 is 11.8 Å². The molecule has 2 aromatic heterocycles. The molecule has 0 fully saturated rings. The number of benzene rings is 3. The van der Waals surface area contributed by atoms with Gasteiger partial charge in [-0.1, -0.05) is 18.2 Å². The van der Waals surface area contributed by atoms with Gasteiger partial charge in [0, 0.05) is 35.5 Å². The van der Waals surface area contributed by atoms with Gasteiger partial charge in [-0.25, -0.2) is 22.5 Å². The minimum absolute atomic E-state index is 0.00325. The van der Waals surface area contributed by atoms with Crippen molar-refractivity contribution in [2.75, 3.05) is 19.5 Å². The molecule has 0 amide bonds. The number of hydrogen-bond acceptors (Lipinski definition) is 6. The predicted octanol–water partition coefficient (Wildman–Crippen LogP) is 8.14. The Morgan fingerprint density at radius 1 is 1.16 bits per heavy atom. The van der Waals surface area contributed by atoms with Gasteiger partial charge in [-0.15, -0.1) is 11.8 Å². The number of H-pyrrole nitrogens is 2. The van der Waals surface area contributed by atoms with Crippen LogP contribution in [0.5, 0.6) is 17.2 Å². The van der Waals surface area contributed by atoms with Crippen molar-refractivity contribution in [3.05, 3.63) is 89.1 Å². The van der Waals surface area contributed by atoms with Crippen molar-refractivity contribution in [3.63, 3.8) is 0 Å². The lowest BCUT2D eigenvalue weighted by Gasteiger charge is -2.33. The summed E-state index contributed by atoms with van der Waals surface area (Å²) in [5, 5.41) is 0.413. The standard InChI is InChI=1S/C32H26F5N3O4S/c1-3-42-23(41)10-7-16-5-4-6-18-24(32(36,37)15-43-28(16)18)22-14-39-31(40-22)20-13-17(8-9-21(20)33)44-29-26(35)25(34)27-19(11-12-38-27)30(29)45-2/h4-6,8-9,11-14,24,38H,3,7,10,15H2,1-2H3,(H,39,40). The highest BCUT2D eigenvalue weighted by molar-refractivity contribution is 7.99. The summed E-state index contributed by atoms with van der Waals surface area (Å²) in [6.45, 7) is 1.00. The Morgan fingerprint density at radius 2 is 1.98 bits per heavy atom. The van der Waals surface area contributed by atoms with Crippen LogP contribution < -0.4 is 9.47 Å². The van der Waals surface area contributed by atoms with Gasteiger partial charge in [0.05, 0.1) is 28.5 Å². The number of hydrogen-bond donors (Lipinski definition) is 2. The van der Waals surface area contributed by atoms with E-state index in [-0.39, 0.29) is 64.9 Å². The van der Waals surface area contributed by atoms with Crippen LogP contribution in [-0.2, 0) is 16.0 Å². The highest BCUT2D eigenvalue weighted by Crippen LogP contribution is 2.48. The molecule has 13 heteroatoms. The first kappa shape index (κ1) is 30.5. The minimum Gasteiger partial charge on any atom is -0.487 e. The molecule has 0 saturated carbocycles. The van der Waals surface area contributed by atoms with Gasteiger partial charge in [0.2, 0.25) is 5.82 Å². The maximum Gasteiger partial charge on any atom is 0.306 e. The summed E-state index contributed by atoms with van der Waals surface area (Å²) in [4.78, 5) is 21.9. The number of alkyl halides is 2. The summed E-state index contributed by atoms with van der Waals surface area (Å²) in [7, 11) is 0. The number of aromatic amines is 2. The zero-order valence-corrected chi connectivity index (χ0v) is 24.8. The number of ether oxygens (including phenoxy) is 3. The molecule has 0 bridgehead atoms. The largest absolute Gasteiger partial charge is 0.487 e. The van der Waals surface area contributed by atoms with Crippen LogP contribution in [0, 0.1) is 17.5 Å². The van der Waals surface area contributed by atoms with Crippen LogP contribution in [0.15, 0.2) is 59.8 Å². The number of imidazole rings is 1. The van der Waals surface area contributed by atoms with Crippen LogP contribution in [0.2, 0.25) is 0 Å². The average Bonchev–Trinajstić information content (AvgIpc) is 3.70. The smallest absolute Gasteiger partial charge is 0.306 e. The third kappa shape index (κ3) is 5.60. The molecule has 3 aromatic carbocycles. The first-order valence-electron chi connectivity index (χ1n) is 14.0. The van der Waals surface area contributed by atoms with E-state index in [0.29, 0.717) is 15.8 Å². The summed E-state index contributed by atoms with van der Waals surface area (Å²) < 4.78 is 91.9. The number of aromatic nitrogens is 3. The molecule has 7 nitrogen and oxygen atoms in total. The van der Waals surface area contributed by atoms with E-state index >= 15 is 17.6 Å². The van der Waals surface area contributed by atoms with Crippen molar-refractivity contribution < 1.29 is 41.0 Å². The van der Waals surface area contributed by atoms with Gasteiger partial charge in [0.1, 0.15) is 23.1 Å². The van der Waals surface area contributed by atoms with Crippen molar-refractivity contribution in [2.24, 2.45) is 0 Å².